The summed E-state index contributed by atoms with van der Waals surface area (Å²) in [6.45, 7) is 1.30. The Kier molecular flexibility index (Phi) is 4.91. The van der Waals surface area contributed by atoms with Gasteiger partial charge in [-0.25, -0.2) is 19.6 Å². The van der Waals surface area contributed by atoms with Crippen LogP contribution in [0.3, 0.4) is 0 Å². The average Bonchev–Trinajstić information content (AvgIpc) is 3.28. The number of carbonyl (C=O) groups excluding carboxylic acids is 1. The number of hydrogen-bond donors (Lipinski definition) is 1. The fraction of sp³-hybridized carbons (Fsp3) is 0.438. The molecule has 0 aromatic carbocycles. The molecule has 26 heavy (non-hydrogen) atoms. The number of hydrogen-bond acceptors (Lipinski definition) is 8. The smallest absolute Gasteiger partial charge is 0.230 e. The standard InChI is InChI=1S/C16H18N8OS/c25-15(12-4-1-2-9-24-14(12)21-22-23-24)19-8-5-11-10-26-16(20-11)13-17-6-3-7-18-13/h3,6-7,10,12H,1-2,4-5,8-9H2,(H,19,25)/t12-/m1/s1. The third kappa shape index (κ3) is 3.59. The third-order valence-electron chi connectivity index (χ3n) is 4.29. The zero-order valence-corrected chi connectivity index (χ0v) is 14.9. The highest BCUT2D eigenvalue weighted by Crippen LogP contribution is 2.24. The monoisotopic (exact) mass is 370 g/mol. The number of carbonyl (C=O) groups is 1. The number of nitrogens with zero attached hydrogens (tertiary/aromatic N) is 7. The summed E-state index contributed by atoms with van der Waals surface area (Å²) < 4.78 is 1.74. The maximum Gasteiger partial charge on any atom is 0.230 e. The molecular weight excluding hydrogens is 352 g/mol. The normalized spacial score (nSPS) is 16.7. The van der Waals surface area contributed by atoms with Crippen molar-refractivity contribution in [3.05, 3.63) is 35.4 Å². The van der Waals surface area contributed by atoms with Crippen LogP contribution in [0.15, 0.2) is 23.8 Å². The first-order chi connectivity index (χ1) is 12.8. The number of aromatic nitrogens is 7. The lowest BCUT2D eigenvalue weighted by Crippen LogP contribution is -2.32. The van der Waals surface area contributed by atoms with Gasteiger partial charge in [0.05, 0.1) is 11.6 Å². The molecule has 1 atom stereocenters. The molecule has 1 N–H and O–H groups in total. The summed E-state index contributed by atoms with van der Waals surface area (Å²) in [5.74, 6) is 0.983. The van der Waals surface area contributed by atoms with Gasteiger partial charge in [0.2, 0.25) is 5.91 Å². The minimum absolute atomic E-state index is 0.0233. The lowest BCUT2D eigenvalue weighted by molar-refractivity contribution is -0.122. The van der Waals surface area contributed by atoms with Crippen LogP contribution in [-0.2, 0) is 17.8 Å². The van der Waals surface area contributed by atoms with Crippen LogP contribution >= 0.6 is 11.3 Å². The first-order valence-electron chi connectivity index (χ1n) is 8.57. The van der Waals surface area contributed by atoms with Gasteiger partial charge in [0.25, 0.3) is 0 Å². The Morgan fingerprint density at radius 1 is 1.31 bits per heavy atom. The molecule has 1 aliphatic heterocycles. The summed E-state index contributed by atoms with van der Waals surface area (Å²) in [6, 6.07) is 1.78. The molecule has 1 amide bonds. The molecule has 0 fully saturated rings. The average molecular weight is 370 g/mol. The first kappa shape index (κ1) is 16.7. The molecule has 0 saturated heterocycles. The van der Waals surface area contributed by atoms with E-state index in [4.69, 9.17) is 0 Å². The SMILES string of the molecule is O=C(NCCc1csc(-c2ncccn2)n1)[C@@H]1CCCCn2nnnc21. The van der Waals surface area contributed by atoms with E-state index in [-0.39, 0.29) is 11.8 Å². The number of aryl methyl sites for hydroxylation is 1. The third-order valence-corrected chi connectivity index (χ3v) is 5.18. The number of amides is 1. The Morgan fingerprint density at radius 3 is 3.08 bits per heavy atom. The zero-order valence-electron chi connectivity index (χ0n) is 14.1. The van der Waals surface area contributed by atoms with Crippen molar-refractivity contribution in [3.8, 4) is 10.8 Å². The molecule has 0 bridgehead atoms. The van der Waals surface area contributed by atoms with Crippen LogP contribution in [0, 0.1) is 0 Å². The molecule has 1 aliphatic rings. The summed E-state index contributed by atoms with van der Waals surface area (Å²) in [5, 5.41) is 17.5. The van der Waals surface area contributed by atoms with Gasteiger partial charge >= 0.3 is 0 Å². The molecule has 4 rings (SSSR count). The topological polar surface area (TPSA) is 111 Å². The minimum Gasteiger partial charge on any atom is -0.355 e. The lowest BCUT2D eigenvalue weighted by atomic mass is 10.0. The van der Waals surface area contributed by atoms with E-state index in [1.807, 2.05) is 5.38 Å². The maximum atomic E-state index is 12.6. The number of thiazole rings is 1. The van der Waals surface area contributed by atoms with Gasteiger partial charge in [-0.15, -0.1) is 16.4 Å². The molecule has 0 aliphatic carbocycles. The number of fused-ring (bicyclic) bond motifs is 1. The Morgan fingerprint density at radius 2 is 2.19 bits per heavy atom. The molecule has 9 nitrogen and oxygen atoms in total. The van der Waals surface area contributed by atoms with Gasteiger partial charge in [0, 0.05) is 37.3 Å². The first-order valence-corrected chi connectivity index (χ1v) is 9.45. The van der Waals surface area contributed by atoms with Crippen LogP contribution in [0.25, 0.3) is 10.8 Å². The quantitative estimate of drug-likeness (QED) is 0.718. The van der Waals surface area contributed by atoms with E-state index in [1.54, 1.807) is 23.1 Å². The summed E-state index contributed by atoms with van der Waals surface area (Å²) in [6.07, 6.45) is 6.81. The second-order valence-electron chi connectivity index (χ2n) is 6.07. The summed E-state index contributed by atoms with van der Waals surface area (Å²) in [4.78, 5) is 25.5. The Hall–Kier alpha value is -2.75. The molecule has 0 saturated carbocycles. The fourth-order valence-electron chi connectivity index (χ4n) is 2.98. The van der Waals surface area contributed by atoms with E-state index in [2.05, 4.69) is 35.8 Å². The van der Waals surface area contributed by atoms with E-state index in [0.29, 0.717) is 24.6 Å². The lowest BCUT2D eigenvalue weighted by Gasteiger charge is -2.12. The second kappa shape index (κ2) is 7.65. The van der Waals surface area contributed by atoms with Gasteiger partial charge in [0.15, 0.2) is 16.7 Å². The van der Waals surface area contributed by atoms with Crippen LogP contribution < -0.4 is 5.32 Å². The van der Waals surface area contributed by atoms with Gasteiger partial charge in [0.1, 0.15) is 0 Å². The summed E-state index contributed by atoms with van der Waals surface area (Å²) >= 11 is 1.51. The van der Waals surface area contributed by atoms with Crippen molar-refractivity contribution < 1.29 is 4.79 Å². The van der Waals surface area contributed by atoms with E-state index < -0.39 is 0 Å². The molecule has 0 spiro atoms. The predicted octanol–water partition coefficient (Wildman–Crippen LogP) is 1.21. The Balaban J connectivity index is 1.34. The number of nitrogens with one attached hydrogen (secondary N) is 1. The van der Waals surface area contributed by atoms with E-state index in [1.165, 1.54) is 11.3 Å². The molecule has 134 valence electrons. The Bertz CT molecular complexity index is 877. The van der Waals surface area contributed by atoms with Gasteiger partial charge in [-0.2, -0.15) is 0 Å². The molecule has 10 heteroatoms. The van der Waals surface area contributed by atoms with E-state index >= 15 is 0 Å². The number of rotatable bonds is 5. The summed E-state index contributed by atoms with van der Waals surface area (Å²) in [7, 11) is 0. The minimum atomic E-state index is -0.281. The van der Waals surface area contributed by atoms with Crippen molar-refractivity contribution in [3.63, 3.8) is 0 Å². The zero-order chi connectivity index (χ0) is 17.8. The van der Waals surface area contributed by atoms with Crippen molar-refractivity contribution in [2.45, 2.75) is 38.1 Å². The molecule has 3 aromatic rings. The van der Waals surface area contributed by atoms with E-state index in [0.717, 1.165) is 36.5 Å². The van der Waals surface area contributed by atoms with Crippen LogP contribution in [0.2, 0.25) is 0 Å². The fourth-order valence-corrected chi connectivity index (χ4v) is 3.78. The molecule has 4 heterocycles. The van der Waals surface area contributed by atoms with Crippen molar-refractivity contribution in [1.82, 2.24) is 40.5 Å². The van der Waals surface area contributed by atoms with Gasteiger partial charge < -0.3 is 5.32 Å². The highest BCUT2D eigenvalue weighted by molar-refractivity contribution is 7.13. The Labute approximate surface area is 153 Å². The largest absolute Gasteiger partial charge is 0.355 e. The van der Waals surface area contributed by atoms with Crippen molar-refractivity contribution in [2.24, 2.45) is 0 Å². The van der Waals surface area contributed by atoms with Gasteiger partial charge in [-0.05, 0) is 29.3 Å². The van der Waals surface area contributed by atoms with Crippen molar-refractivity contribution in [2.75, 3.05) is 6.54 Å². The van der Waals surface area contributed by atoms with Gasteiger partial charge in [-0.3, -0.25) is 4.79 Å². The molecule has 0 unspecified atom stereocenters. The van der Waals surface area contributed by atoms with Crippen LogP contribution in [0.4, 0.5) is 0 Å². The highest BCUT2D eigenvalue weighted by atomic mass is 32.1. The molecule has 3 aromatic heterocycles. The van der Waals surface area contributed by atoms with Crippen LogP contribution in [-0.4, -0.2) is 47.6 Å². The second-order valence-corrected chi connectivity index (χ2v) is 6.92. The number of tetrazole rings is 1. The molecule has 0 radical (unpaired) electrons. The highest BCUT2D eigenvalue weighted by Gasteiger charge is 2.28. The predicted molar refractivity (Wildman–Crippen MR) is 94.3 cm³/mol. The maximum absolute atomic E-state index is 12.6. The molecular formula is C16H18N8OS. The van der Waals surface area contributed by atoms with Crippen LogP contribution in [0.1, 0.15) is 36.7 Å². The van der Waals surface area contributed by atoms with E-state index in [9.17, 15) is 4.79 Å². The van der Waals surface area contributed by atoms with Crippen molar-refractivity contribution >= 4 is 17.2 Å². The summed E-state index contributed by atoms with van der Waals surface area (Å²) in [5.41, 5.74) is 0.920. The van der Waals surface area contributed by atoms with Crippen molar-refractivity contribution in [1.29, 1.82) is 0 Å². The van der Waals surface area contributed by atoms with Crippen LogP contribution in [0.5, 0.6) is 0 Å². The van der Waals surface area contributed by atoms with Gasteiger partial charge in [-0.1, -0.05) is 6.42 Å².